The van der Waals surface area contributed by atoms with Crippen molar-refractivity contribution in [3.05, 3.63) is 34.9 Å². The van der Waals surface area contributed by atoms with Crippen LogP contribution in [0.4, 0.5) is 0 Å². The number of hydrogen-bond acceptors (Lipinski definition) is 6. The van der Waals surface area contributed by atoms with Gasteiger partial charge in [-0.1, -0.05) is 200 Å². The van der Waals surface area contributed by atoms with Gasteiger partial charge in [-0.2, -0.15) is 0 Å². The number of unbranched alkanes of at least 4 members (excludes halogenated alkanes) is 27. The Morgan fingerprint density at radius 3 is 0.863 bits per heavy atom. The lowest BCUT2D eigenvalue weighted by Crippen LogP contribution is -2.20. The Labute approximate surface area is 313 Å². The van der Waals surface area contributed by atoms with Crippen molar-refractivity contribution in [1.82, 2.24) is 0 Å². The van der Waals surface area contributed by atoms with Crippen LogP contribution in [0.2, 0.25) is 0 Å². The van der Waals surface area contributed by atoms with Gasteiger partial charge < -0.3 is 14.2 Å². The van der Waals surface area contributed by atoms with Crippen LogP contribution >= 0.6 is 0 Å². The Kier molecular flexibility index (Phi) is 31.7. The Hall–Kier alpha value is -2.37. The van der Waals surface area contributed by atoms with Crippen LogP contribution in [0.25, 0.3) is 0 Å². The van der Waals surface area contributed by atoms with Crippen molar-refractivity contribution >= 4 is 17.9 Å². The molecule has 0 aliphatic carbocycles. The van der Waals surface area contributed by atoms with Crippen molar-refractivity contribution in [3.8, 4) is 0 Å². The first-order valence-corrected chi connectivity index (χ1v) is 21.7. The SMILES string of the molecule is CCCCCCCCCCCCOC(=O)c1cccc(C(=O)OCCCCCCCCCCCC)c1C(=O)OCCCCCCCCCCCC. The zero-order valence-electron chi connectivity index (χ0n) is 33.5. The minimum absolute atomic E-state index is 0.0364. The van der Waals surface area contributed by atoms with Gasteiger partial charge in [0.05, 0.1) is 36.5 Å². The van der Waals surface area contributed by atoms with Gasteiger partial charge >= 0.3 is 17.9 Å². The molecule has 0 N–H and O–H groups in total. The summed E-state index contributed by atoms with van der Waals surface area (Å²) in [6, 6.07) is 4.72. The third-order valence-electron chi connectivity index (χ3n) is 9.90. The molecule has 0 saturated carbocycles. The van der Waals surface area contributed by atoms with Gasteiger partial charge in [-0.15, -0.1) is 0 Å². The van der Waals surface area contributed by atoms with Gasteiger partial charge in [0.25, 0.3) is 0 Å². The fourth-order valence-electron chi connectivity index (χ4n) is 6.60. The summed E-state index contributed by atoms with van der Waals surface area (Å²) < 4.78 is 16.9. The zero-order chi connectivity index (χ0) is 37.0. The van der Waals surface area contributed by atoms with Gasteiger partial charge in [0, 0.05) is 0 Å². The van der Waals surface area contributed by atoms with E-state index < -0.39 is 17.9 Å². The molecule has 0 fully saturated rings. The number of ether oxygens (including phenoxy) is 3. The van der Waals surface area contributed by atoms with Gasteiger partial charge in [0.15, 0.2) is 0 Å². The Morgan fingerprint density at radius 2 is 0.588 bits per heavy atom. The molecule has 0 aliphatic heterocycles. The van der Waals surface area contributed by atoms with E-state index in [0.717, 1.165) is 57.8 Å². The molecular formula is C45H78O6. The van der Waals surface area contributed by atoms with Crippen molar-refractivity contribution in [2.24, 2.45) is 0 Å². The van der Waals surface area contributed by atoms with Gasteiger partial charge in [0.2, 0.25) is 0 Å². The lowest BCUT2D eigenvalue weighted by Gasteiger charge is -2.14. The summed E-state index contributed by atoms with van der Waals surface area (Å²) in [5.74, 6) is -1.86. The Bertz CT molecular complexity index is 933. The van der Waals surface area contributed by atoms with Crippen molar-refractivity contribution in [3.63, 3.8) is 0 Å². The van der Waals surface area contributed by atoms with Crippen LogP contribution in [0.15, 0.2) is 18.2 Å². The molecule has 1 rings (SSSR count). The molecule has 6 nitrogen and oxygen atoms in total. The van der Waals surface area contributed by atoms with Crippen LogP contribution in [0, 0.1) is 0 Å². The van der Waals surface area contributed by atoms with E-state index in [1.165, 1.54) is 135 Å². The molecule has 1 aromatic rings. The standard InChI is InChI=1S/C45H78O6/c1-4-7-10-13-16-19-22-25-28-31-37-49-43(46)40-35-34-36-41(44(47)50-38-32-29-26-23-20-17-14-11-8-5-2)42(40)45(48)51-39-33-30-27-24-21-18-15-12-9-6-3/h34-36H,4-33,37-39H2,1-3H3. The quantitative estimate of drug-likeness (QED) is 0.0391. The first kappa shape index (κ1) is 46.7. The number of carbonyl (C=O) groups excluding carboxylic acids is 3. The summed E-state index contributed by atoms with van der Waals surface area (Å²) in [5, 5.41) is 0. The molecule has 0 radical (unpaired) electrons. The Balaban J connectivity index is 2.62. The third-order valence-corrected chi connectivity index (χ3v) is 9.90. The number of hydrogen-bond donors (Lipinski definition) is 0. The monoisotopic (exact) mass is 715 g/mol. The highest BCUT2D eigenvalue weighted by Gasteiger charge is 2.27. The van der Waals surface area contributed by atoms with Gasteiger partial charge in [-0.05, 0) is 31.4 Å². The highest BCUT2D eigenvalue weighted by molar-refractivity contribution is 6.10. The maximum Gasteiger partial charge on any atom is 0.339 e. The molecule has 0 saturated heterocycles. The summed E-state index contributed by atoms with van der Waals surface area (Å²) >= 11 is 0. The molecule has 51 heavy (non-hydrogen) atoms. The largest absolute Gasteiger partial charge is 0.462 e. The molecule has 0 bridgehead atoms. The molecule has 0 aromatic heterocycles. The van der Waals surface area contributed by atoms with E-state index in [1.54, 1.807) is 18.2 Å². The van der Waals surface area contributed by atoms with E-state index in [9.17, 15) is 14.4 Å². The van der Waals surface area contributed by atoms with Crippen molar-refractivity contribution in [2.45, 2.75) is 213 Å². The molecule has 0 heterocycles. The highest BCUT2D eigenvalue weighted by Crippen LogP contribution is 2.21. The zero-order valence-corrected chi connectivity index (χ0v) is 33.5. The smallest absolute Gasteiger partial charge is 0.339 e. The van der Waals surface area contributed by atoms with Crippen LogP contribution in [-0.2, 0) is 14.2 Å². The first-order valence-electron chi connectivity index (χ1n) is 21.7. The van der Waals surface area contributed by atoms with E-state index in [4.69, 9.17) is 14.2 Å². The van der Waals surface area contributed by atoms with Crippen LogP contribution in [0.5, 0.6) is 0 Å². The van der Waals surface area contributed by atoms with Crippen molar-refractivity contribution < 1.29 is 28.6 Å². The normalized spacial score (nSPS) is 11.1. The van der Waals surface area contributed by atoms with Crippen LogP contribution in [-0.4, -0.2) is 37.7 Å². The predicted molar refractivity (Wildman–Crippen MR) is 213 cm³/mol. The summed E-state index contributed by atoms with van der Waals surface area (Å²) in [6.07, 6.45) is 35.7. The molecule has 0 spiro atoms. The topological polar surface area (TPSA) is 78.9 Å². The molecule has 0 unspecified atom stereocenters. The number of rotatable bonds is 36. The van der Waals surface area contributed by atoms with Crippen molar-refractivity contribution in [2.75, 3.05) is 19.8 Å². The molecular weight excluding hydrogens is 636 g/mol. The second-order valence-corrected chi connectivity index (χ2v) is 14.7. The highest BCUT2D eigenvalue weighted by atomic mass is 16.5. The maximum absolute atomic E-state index is 13.4. The van der Waals surface area contributed by atoms with Crippen LogP contribution in [0.3, 0.4) is 0 Å². The summed E-state index contributed by atoms with van der Waals surface area (Å²) in [6.45, 7) is 7.55. The number of esters is 3. The van der Waals surface area contributed by atoms with Crippen molar-refractivity contribution in [1.29, 1.82) is 0 Å². The van der Waals surface area contributed by atoms with Gasteiger partial charge in [-0.3, -0.25) is 0 Å². The average Bonchev–Trinajstić information content (AvgIpc) is 3.14. The fraction of sp³-hybridized carbons (Fsp3) is 0.800. The first-order chi connectivity index (χ1) is 25.1. The summed E-state index contributed by atoms with van der Waals surface area (Å²) in [5.41, 5.74) is 0.109. The molecule has 1 aromatic carbocycles. The second kappa shape index (κ2) is 34.7. The minimum atomic E-state index is -0.664. The molecule has 0 atom stereocenters. The van der Waals surface area contributed by atoms with E-state index in [-0.39, 0.29) is 36.5 Å². The number of benzene rings is 1. The predicted octanol–water partition coefficient (Wildman–Crippen LogP) is 13.9. The minimum Gasteiger partial charge on any atom is -0.462 e. The number of carbonyl (C=O) groups is 3. The lowest BCUT2D eigenvalue weighted by atomic mass is 10.0. The third kappa shape index (κ3) is 25.3. The molecule has 0 aliphatic rings. The maximum atomic E-state index is 13.4. The lowest BCUT2D eigenvalue weighted by molar-refractivity contribution is 0.0430. The fourth-order valence-corrected chi connectivity index (χ4v) is 6.60. The van der Waals surface area contributed by atoms with Gasteiger partial charge in [-0.25, -0.2) is 14.4 Å². The van der Waals surface area contributed by atoms with Crippen LogP contribution < -0.4 is 0 Å². The second-order valence-electron chi connectivity index (χ2n) is 14.7. The van der Waals surface area contributed by atoms with E-state index >= 15 is 0 Å². The van der Waals surface area contributed by atoms with Gasteiger partial charge in [0.1, 0.15) is 0 Å². The molecule has 294 valence electrons. The Morgan fingerprint density at radius 1 is 0.353 bits per heavy atom. The molecule has 0 amide bonds. The summed E-state index contributed by atoms with van der Waals surface area (Å²) in [7, 11) is 0. The van der Waals surface area contributed by atoms with E-state index in [0.29, 0.717) is 0 Å². The van der Waals surface area contributed by atoms with E-state index in [2.05, 4.69) is 20.8 Å². The van der Waals surface area contributed by atoms with E-state index in [1.807, 2.05) is 0 Å². The average molecular weight is 715 g/mol. The molecule has 6 heteroatoms. The van der Waals surface area contributed by atoms with Crippen LogP contribution in [0.1, 0.15) is 244 Å². The summed E-state index contributed by atoms with van der Waals surface area (Å²) in [4.78, 5) is 39.9.